The molecule has 4 aromatic heterocycles. The predicted molar refractivity (Wildman–Crippen MR) is 108 cm³/mol. The first-order valence-corrected chi connectivity index (χ1v) is 9.92. The number of ether oxygens (including phenoxy) is 1. The van der Waals surface area contributed by atoms with Crippen molar-refractivity contribution in [1.82, 2.24) is 29.3 Å². The van der Waals surface area contributed by atoms with Crippen LogP contribution in [-0.2, 0) is 11.8 Å². The molecule has 4 aromatic rings. The molecule has 0 bridgehead atoms. The van der Waals surface area contributed by atoms with E-state index in [1.807, 2.05) is 20.2 Å². The molecule has 0 radical (unpaired) electrons. The molecule has 9 nitrogen and oxygen atoms in total. The number of aliphatic hydroxyl groups excluding tert-OH is 1. The molecule has 5 rings (SSSR count). The minimum Gasteiger partial charge on any atom is -0.388 e. The summed E-state index contributed by atoms with van der Waals surface area (Å²) >= 11 is 1.51. The van der Waals surface area contributed by atoms with Crippen LogP contribution < -0.4 is 5.56 Å². The molecule has 1 saturated heterocycles. The smallest absolute Gasteiger partial charge is 0.261 e. The van der Waals surface area contributed by atoms with Crippen molar-refractivity contribution in [3.05, 3.63) is 46.3 Å². The van der Waals surface area contributed by atoms with Gasteiger partial charge < -0.3 is 9.84 Å². The second-order valence-corrected chi connectivity index (χ2v) is 8.26. The zero-order valence-corrected chi connectivity index (χ0v) is 16.6. The van der Waals surface area contributed by atoms with Crippen LogP contribution in [0, 0.1) is 6.92 Å². The Morgan fingerprint density at radius 3 is 2.79 bits per heavy atom. The molecule has 0 spiro atoms. The molecule has 10 heteroatoms. The molecule has 0 saturated carbocycles. The fraction of sp³-hybridized carbons (Fsp3) is 0.316. The van der Waals surface area contributed by atoms with Crippen molar-refractivity contribution < 1.29 is 9.84 Å². The zero-order valence-electron chi connectivity index (χ0n) is 15.8. The van der Waals surface area contributed by atoms with Gasteiger partial charge in [0.25, 0.3) is 5.56 Å². The summed E-state index contributed by atoms with van der Waals surface area (Å²) in [6, 6.07) is 1.29. The lowest BCUT2D eigenvalue weighted by molar-refractivity contribution is 0.119. The topological polar surface area (TPSA) is 108 Å². The molecule has 0 aromatic carbocycles. The van der Waals surface area contributed by atoms with E-state index in [0.29, 0.717) is 22.3 Å². The Hall–Kier alpha value is -2.95. The van der Waals surface area contributed by atoms with E-state index in [-0.39, 0.29) is 18.8 Å². The predicted octanol–water partition coefficient (Wildman–Crippen LogP) is 1.56. The van der Waals surface area contributed by atoms with E-state index >= 15 is 0 Å². The maximum Gasteiger partial charge on any atom is 0.261 e. The molecular weight excluding hydrogens is 392 g/mol. The van der Waals surface area contributed by atoms with Crippen molar-refractivity contribution in [3.8, 4) is 21.8 Å². The van der Waals surface area contributed by atoms with E-state index in [4.69, 9.17) is 9.72 Å². The maximum atomic E-state index is 13.3. The first kappa shape index (κ1) is 18.1. The van der Waals surface area contributed by atoms with E-state index in [2.05, 4.69) is 15.1 Å². The van der Waals surface area contributed by atoms with Gasteiger partial charge in [0.2, 0.25) is 0 Å². The molecular formula is C19H18N6O3S. The normalized spacial score (nSPS) is 19.3. The van der Waals surface area contributed by atoms with Crippen LogP contribution in [0.5, 0.6) is 0 Å². The van der Waals surface area contributed by atoms with Crippen molar-refractivity contribution in [2.24, 2.45) is 7.05 Å². The van der Waals surface area contributed by atoms with Gasteiger partial charge in [0.05, 0.1) is 52.7 Å². The van der Waals surface area contributed by atoms with Crippen molar-refractivity contribution in [3.63, 3.8) is 0 Å². The van der Waals surface area contributed by atoms with E-state index in [9.17, 15) is 9.90 Å². The summed E-state index contributed by atoms with van der Waals surface area (Å²) in [7, 11) is 1.82. The lowest BCUT2D eigenvalue weighted by Crippen LogP contribution is -2.32. The quantitative estimate of drug-likeness (QED) is 0.546. The highest BCUT2D eigenvalue weighted by atomic mass is 32.1. The van der Waals surface area contributed by atoms with Crippen molar-refractivity contribution in [1.29, 1.82) is 0 Å². The Bertz CT molecular complexity index is 1280. The molecule has 2 atom stereocenters. The Balaban J connectivity index is 1.78. The van der Waals surface area contributed by atoms with Crippen LogP contribution in [0.1, 0.15) is 11.0 Å². The van der Waals surface area contributed by atoms with E-state index in [1.165, 1.54) is 22.2 Å². The zero-order chi connectivity index (χ0) is 20.1. The molecule has 1 fully saturated rings. The third-order valence-corrected chi connectivity index (χ3v) is 5.93. The molecule has 0 unspecified atom stereocenters. The minimum atomic E-state index is -0.741. The monoisotopic (exact) mass is 410 g/mol. The van der Waals surface area contributed by atoms with Crippen LogP contribution in [0.2, 0.25) is 0 Å². The van der Waals surface area contributed by atoms with Gasteiger partial charge in [0, 0.05) is 25.0 Å². The summed E-state index contributed by atoms with van der Waals surface area (Å²) in [6.07, 6.45) is 6.02. The van der Waals surface area contributed by atoms with Crippen LogP contribution in [0.15, 0.2) is 35.8 Å². The van der Waals surface area contributed by atoms with Gasteiger partial charge in [-0.25, -0.2) is 15.0 Å². The van der Waals surface area contributed by atoms with Gasteiger partial charge in [0.15, 0.2) is 0 Å². The molecule has 0 aliphatic carbocycles. The largest absolute Gasteiger partial charge is 0.388 e. The number of pyridine rings is 1. The van der Waals surface area contributed by atoms with Gasteiger partial charge in [-0.2, -0.15) is 5.10 Å². The molecule has 1 aliphatic heterocycles. The highest BCUT2D eigenvalue weighted by molar-refractivity contribution is 7.15. The van der Waals surface area contributed by atoms with Gasteiger partial charge in [0.1, 0.15) is 17.3 Å². The van der Waals surface area contributed by atoms with Gasteiger partial charge in [-0.15, -0.1) is 11.3 Å². The number of hydrogen-bond donors (Lipinski definition) is 1. The average molecular weight is 410 g/mol. The van der Waals surface area contributed by atoms with E-state index in [1.54, 1.807) is 23.1 Å². The van der Waals surface area contributed by atoms with E-state index < -0.39 is 12.1 Å². The number of aryl methyl sites for hydroxylation is 2. The third kappa shape index (κ3) is 3.05. The van der Waals surface area contributed by atoms with Crippen LogP contribution in [0.25, 0.3) is 32.7 Å². The van der Waals surface area contributed by atoms with Gasteiger partial charge >= 0.3 is 0 Å². The van der Waals surface area contributed by atoms with Crippen LogP contribution in [0.3, 0.4) is 0 Å². The van der Waals surface area contributed by atoms with E-state index in [0.717, 1.165) is 15.4 Å². The Labute approximate surface area is 169 Å². The standard InChI is InChI=1S/C19H18N6O3S/c1-10-20-5-16(29-10)13-3-12-18(17(23-13)11-4-22-24(2)6-11)21-9-25(19(12)27)14-7-28-8-15(14)26/h3-6,9,14-15,26H,7-8H2,1-2H3/t14-,15-/m1/s1. The van der Waals surface area contributed by atoms with Crippen LogP contribution in [-0.4, -0.2) is 53.7 Å². The first-order chi connectivity index (χ1) is 14.0. The average Bonchev–Trinajstić information content (AvgIpc) is 3.43. The molecule has 29 heavy (non-hydrogen) atoms. The molecule has 0 amide bonds. The SMILES string of the molecule is Cc1ncc(-c2cc3c(=O)n([C@@H]4COC[C@H]4O)cnc3c(-c3cnn(C)c3)n2)s1. The number of rotatable bonds is 3. The van der Waals surface area contributed by atoms with Crippen molar-refractivity contribution >= 4 is 22.2 Å². The molecule has 5 heterocycles. The number of thiazole rings is 1. The molecule has 1 N–H and O–H groups in total. The Morgan fingerprint density at radius 1 is 1.28 bits per heavy atom. The number of fused-ring (bicyclic) bond motifs is 1. The fourth-order valence-corrected chi connectivity index (χ4v) is 4.27. The summed E-state index contributed by atoms with van der Waals surface area (Å²) < 4.78 is 8.45. The van der Waals surface area contributed by atoms with Crippen LogP contribution in [0.4, 0.5) is 0 Å². The molecule has 1 aliphatic rings. The number of nitrogens with zero attached hydrogens (tertiary/aromatic N) is 6. The summed E-state index contributed by atoms with van der Waals surface area (Å²) in [5, 5.41) is 15.7. The Kier molecular flexibility index (Phi) is 4.26. The second kappa shape index (κ2) is 6.83. The Morgan fingerprint density at radius 2 is 2.14 bits per heavy atom. The lowest BCUT2D eigenvalue weighted by Gasteiger charge is -2.16. The number of hydrogen-bond acceptors (Lipinski definition) is 8. The second-order valence-electron chi connectivity index (χ2n) is 7.03. The van der Waals surface area contributed by atoms with Gasteiger partial charge in [-0.3, -0.25) is 14.0 Å². The summed E-state index contributed by atoms with van der Waals surface area (Å²) in [5.74, 6) is 0. The number of aromatic nitrogens is 6. The fourth-order valence-electron chi connectivity index (χ4n) is 3.53. The van der Waals surface area contributed by atoms with Crippen molar-refractivity contribution in [2.75, 3.05) is 13.2 Å². The third-order valence-electron chi connectivity index (χ3n) is 5.00. The lowest BCUT2D eigenvalue weighted by atomic mass is 10.1. The van der Waals surface area contributed by atoms with Crippen LogP contribution >= 0.6 is 11.3 Å². The first-order valence-electron chi connectivity index (χ1n) is 9.11. The highest BCUT2D eigenvalue weighted by Gasteiger charge is 2.29. The highest BCUT2D eigenvalue weighted by Crippen LogP contribution is 2.31. The molecule has 148 valence electrons. The summed E-state index contributed by atoms with van der Waals surface area (Å²) in [4.78, 5) is 27.8. The minimum absolute atomic E-state index is 0.206. The summed E-state index contributed by atoms with van der Waals surface area (Å²) in [6.45, 7) is 2.40. The van der Waals surface area contributed by atoms with Gasteiger partial charge in [-0.1, -0.05) is 0 Å². The maximum absolute atomic E-state index is 13.3. The number of aliphatic hydroxyl groups is 1. The summed E-state index contributed by atoms with van der Waals surface area (Å²) in [5.41, 5.74) is 2.28. The van der Waals surface area contributed by atoms with Gasteiger partial charge in [-0.05, 0) is 13.0 Å². The van der Waals surface area contributed by atoms with Crippen molar-refractivity contribution in [2.45, 2.75) is 19.1 Å².